The molecule has 29 heavy (non-hydrogen) atoms. The third-order valence-corrected chi connectivity index (χ3v) is 5.83. The van der Waals surface area contributed by atoms with Crippen LogP contribution in [0, 0.1) is 19.8 Å². The zero-order chi connectivity index (χ0) is 21.1. The number of hydrogen-bond donors (Lipinski definition) is 1. The van der Waals surface area contributed by atoms with Gasteiger partial charge in [0.15, 0.2) is 0 Å². The van der Waals surface area contributed by atoms with Gasteiger partial charge in [0.1, 0.15) is 0 Å². The van der Waals surface area contributed by atoms with Crippen molar-refractivity contribution in [3.63, 3.8) is 0 Å². The summed E-state index contributed by atoms with van der Waals surface area (Å²) in [5.41, 5.74) is 3.74. The summed E-state index contributed by atoms with van der Waals surface area (Å²) in [6.07, 6.45) is 0.185. The molecule has 2 amide bonds. The molecule has 2 unspecified atom stereocenters. The standard InChI is InChI=1S/C21H27ClN4O3/c1-13-18(14(2)26(24-13)8-9-29-4)12-23-21(28)17-11-19(27)25(3)20(17)15-6-5-7-16(22)10-15/h5-7,10,17,20H,8-9,11-12H2,1-4H3,(H,23,28). The fraction of sp³-hybridized carbons (Fsp3) is 0.476. The number of hydrogen-bond acceptors (Lipinski definition) is 4. The zero-order valence-electron chi connectivity index (χ0n) is 17.2. The molecule has 1 N–H and O–H groups in total. The van der Waals surface area contributed by atoms with E-state index in [0.717, 1.165) is 22.5 Å². The number of nitrogens with zero attached hydrogens (tertiary/aromatic N) is 3. The number of ether oxygens (including phenoxy) is 1. The molecular formula is C21H27ClN4O3. The van der Waals surface area contributed by atoms with Gasteiger partial charge in [0.2, 0.25) is 11.8 Å². The van der Waals surface area contributed by atoms with E-state index in [1.165, 1.54) is 0 Å². The molecule has 1 saturated heterocycles. The number of likely N-dealkylation sites (tertiary alicyclic amines) is 1. The number of benzene rings is 1. The first kappa shape index (κ1) is 21.3. The van der Waals surface area contributed by atoms with E-state index in [9.17, 15) is 9.59 Å². The van der Waals surface area contributed by atoms with Crippen molar-refractivity contribution in [1.29, 1.82) is 0 Å². The van der Waals surface area contributed by atoms with E-state index in [0.29, 0.717) is 24.7 Å². The van der Waals surface area contributed by atoms with Crippen LogP contribution in [0.1, 0.15) is 35.0 Å². The summed E-state index contributed by atoms with van der Waals surface area (Å²) in [6.45, 7) is 5.53. The minimum atomic E-state index is -0.463. The molecule has 2 aromatic rings. The molecule has 0 spiro atoms. The number of carbonyl (C=O) groups is 2. The molecule has 0 radical (unpaired) electrons. The lowest BCUT2D eigenvalue weighted by Crippen LogP contribution is -2.34. The third kappa shape index (κ3) is 4.46. The molecule has 7 nitrogen and oxygen atoms in total. The van der Waals surface area contributed by atoms with Crippen LogP contribution in [0.25, 0.3) is 0 Å². The molecule has 8 heteroatoms. The van der Waals surface area contributed by atoms with Gasteiger partial charge < -0.3 is 15.0 Å². The molecule has 0 saturated carbocycles. The average molecular weight is 419 g/mol. The summed E-state index contributed by atoms with van der Waals surface area (Å²) >= 11 is 6.13. The predicted molar refractivity (Wildman–Crippen MR) is 110 cm³/mol. The van der Waals surface area contributed by atoms with Crippen LogP contribution in [0.4, 0.5) is 0 Å². The van der Waals surface area contributed by atoms with Crippen LogP contribution in [-0.4, -0.2) is 47.3 Å². The normalized spacial score (nSPS) is 19.1. The van der Waals surface area contributed by atoms with Gasteiger partial charge in [-0.15, -0.1) is 0 Å². The second-order valence-electron chi connectivity index (χ2n) is 7.40. The Morgan fingerprint density at radius 2 is 2.14 bits per heavy atom. The van der Waals surface area contributed by atoms with Gasteiger partial charge in [-0.25, -0.2) is 0 Å². The number of halogens is 1. The highest BCUT2D eigenvalue weighted by molar-refractivity contribution is 6.30. The second-order valence-corrected chi connectivity index (χ2v) is 7.83. The maximum Gasteiger partial charge on any atom is 0.226 e. The molecule has 1 aromatic carbocycles. The lowest BCUT2D eigenvalue weighted by Gasteiger charge is -2.25. The summed E-state index contributed by atoms with van der Waals surface area (Å²) in [7, 11) is 3.39. The van der Waals surface area contributed by atoms with Crippen LogP contribution in [0.5, 0.6) is 0 Å². The summed E-state index contributed by atoms with van der Waals surface area (Å²) in [6, 6.07) is 7.01. The molecule has 0 bridgehead atoms. The number of nitrogens with one attached hydrogen (secondary N) is 1. The van der Waals surface area contributed by atoms with Crippen molar-refractivity contribution in [1.82, 2.24) is 20.0 Å². The van der Waals surface area contributed by atoms with E-state index in [4.69, 9.17) is 16.3 Å². The Hall–Kier alpha value is -2.38. The second kappa shape index (κ2) is 8.97. The van der Waals surface area contributed by atoms with Gasteiger partial charge >= 0.3 is 0 Å². The Labute approximate surface area is 176 Å². The van der Waals surface area contributed by atoms with Crippen LogP contribution in [-0.2, 0) is 27.4 Å². The zero-order valence-corrected chi connectivity index (χ0v) is 18.0. The first-order valence-corrected chi connectivity index (χ1v) is 10.0. The maximum absolute atomic E-state index is 13.0. The van der Waals surface area contributed by atoms with Crippen LogP contribution in [0.15, 0.2) is 24.3 Å². The summed E-state index contributed by atoms with van der Waals surface area (Å²) in [5, 5.41) is 8.13. The van der Waals surface area contributed by atoms with Crippen molar-refractivity contribution >= 4 is 23.4 Å². The molecule has 0 aliphatic carbocycles. The molecule has 3 rings (SSSR count). The Morgan fingerprint density at radius 1 is 1.38 bits per heavy atom. The molecule has 1 aromatic heterocycles. The van der Waals surface area contributed by atoms with Crippen LogP contribution < -0.4 is 5.32 Å². The van der Waals surface area contributed by atoms with E-state index in [2.05, 4.69) is 10.4 Å². The van der Waals surface area contributed by atoms with E-state index >= 15 is 0 Å². The Bertz CT molecular complexity index is 911. The predicted octanol–water partition coefficient (Wildman–Crippen LogP) is 2.64. The number of carbonyl (C=O) groups excluding carboxylic acids is 2. The van der Waals surface area contributed by atoms with Gasteiger partial charge in [-0.3, -0.25) is 14.3 Å². The van der Waals surface area contributed by atoms with E-state index in [1.54, 1.807) is 25.1 Å². The Morgan fingerprint density at radius 3 is 2.83 bits per heavy atom. The van der Waals surface area contributed by atoms with Gasteiger partial charge in [0, 0.05) is 43.4 Å². The number of rotatable bonds is 7. The number of aromatic nitrogens is 2. The highest BCUT2D eigenvalue weighted by Crippen LogP contribution is 2.37. The molecule has 1 aliphatic rings. The van der Waals surface area contributed by atoms with Gasteiger partial charge in [-0.2, -0.15) is 5.10 Å². The molecule has 1 aliphatic heterocycles. The summed E-state index contributed by atoms with van der Waals surface area (Å²) < 4.78 is 7.01. The van der Waals surface area contributed by atoms with Gasteiger partial charge in [0.05, 0.1) is 30.8 Å². The summed E-state index contributed by atoms with van der Waals surface area (Å²) in [4.78, 5) is 27.0. The van der Waals surface area contributed by atoms with Crippen molar-refractivity contribution in [2.75, 3.05) is 20.8 Å². The minimum Gasteiger partial charge on any atom is -0.383 e. The first-order chi connectivity index (χ1) is 13.8. The van der Waals surface area contributed by atoms with Crippen LogP contribution in [0.3, 0.4) is 0 Å². The number of aryl methyl sites for hydroxylation is 1. The monoisotopic (exact) mass is 418 g/mol. The van der Waals surface area contributed by atoms with Crippen molar-refractivity contribution in [2.45, 2.75) is 39.4 Å². The lowest BCUT2D eigenvalue weighted by atomic mass is 9.93. The van der Waals surface area contributed by atoms with E-state index in [-0.39, 0.29) is 24.3 Å². The molecular weight excluding hydrogens is 392 g/mol. The highest BCUT2D eigenvalue weighted by Gasteiger charge is 2.42. The summed E-state index contributed by atoms with van der Waals surface area (Å²) in [5.74, 6) is -0.652. The third-order valence-electron chi connectivity index (χ3n) is 5.59. The Kier molecular flexibility index (Phi) is 6.59. The van der Waals surface area contributed by atoms with E-state index < -0.39 is 5.92 Å². The number of methoxy groups -OCH3 is 1. The number of amides is 2. The molecule has 1 fully saturated rings. The van der Waals surface area contributed by atoms with Crippen molar-refractivity contribution in [3.8, 4) is 0 Å². The largest absolute Gasteiger partial charge is 0.383 e. The van der Waals surface area contributed by atoms with Gasteiger partial charge in [-0.1, -0.05) is 23.7 Å². The fourth-order valence-corrected chi connectivity index (χ4v) is 4.14. The molecule has 2 heterocycles. The molecule has 156 valence electrons. The van der Waals surface area contributed by atoms with Crippen molar-refractivity contribution in [3.05, 3.63) is 51.8 Å². The smallest absolute Gasteiger partial charge is 0.226 e. The quantitative estimate of drug-likeness (QED) is 0.749. The van der Waals surface area contributed by atoms with Gasteiger partial charge in [0.25, 0.3) is 0 Å². The average Bonchev–Trinajstić information content (AvgIpc) is 3.13. The van der Waals surface area contributed by atoms with Crippen molar-refractivity contribution in [2.24, 2.45) is 5.92 Å². The Balaban J connectivity index is 1.74. The van der Waals surface area contributed by atoms with Crippen LogP contribution >= 0.6 is 11.6 Å². The topological polar surface area (TPSA) is 76.5 Å². The highest BCUT2D eigenvalue weighted by atomic mass is 35.5. The maximum atomic E-state index is 13.0. The first-order valence-electron chi connectivity index (χ1n) is 9.64. The van der Waals surface area contributed by atoms with E-state index in [1.807, 2.05) is 36.7 Å². The van der Waals surface area contributed by atoms with Crippen LogP contribution in [0.2, 0.25) is 5.02 Å². The molecule has 2 atom stereocenters. The lowest BCUT2D eigenvalue weighted by molar-refractivity contribution is -0.128. The minimum absolute atomic E-state index is 0.0464. The fourth-order valence-electron chi connectivity index (χ4n) is 3.94. The SMILES string of the molecule is COCCn1nc(C)c(CNC(=O)C2CC(=O)N(C)C2c2cccc(Cl)c2)c1C. The van der Waals surface area contributed by atoms with Crippen molar-refractivity contribution < 1.29 is 14.3 Å². The van der Waals surface area contributed by atoms with Gasteiger partial charge in [-0.05, 0) is 31.5 Å².